The summed E-state index contributed by atoms with van der Waals surface area (Å²) >= 11 is 0. The number of anilines is 2. The van der Waals surface area contributed by atoms with Crippen LogP contribution in [0, 0.1) is 11.3 Å². The third-order valence-electron chi connectivity index (χ3n) is 4.47. The number of pyridine rings is 1. The van der Waals surface area contributed by atoms with Gasteiger partial charge in [0.05, 0.1) is 11.6 Å². The molecule has 23 heavy (non-hydrogen) atoms. The molecule has 2 fully saturated rings. The number of nitrogens with zero attached hydrogens (tertiary/aromatic N) is 6. The lowest BCUT2D eigenvalue weighted by Crippen LogP contribution is -2.47. The molecular formula is C17H18N6. The monoisotopic (exact) mass is 306 g/mol. The molecule has 1 aliphatic carbocycles. The predicted octanol–water partition coefficient (Wildman–Crippen LogP) is 1.95. The van der Waals surface area contributed by atoms with Gasteiger partial charge in [-0.05, 0) is 25.0 Å². The van der Waals surface area contributed by atoms with Crippen LogP contribution in [-0.4, -0.2) is 41.1 Å². The molecule has 1 saturated carbocycles. The Hall–Kier alpha value is -2.68. The molecule has 0 radical (unpaired) electrons. The van der Waals surface area contributed by atoms with E-state index in [-0.39, 0.29) is 0 Å². The Bertz CT molecular complexity index is 741. The van der Waals surface area contributed by atoms with Crippen LogP contribution in [0.15, 0.2) is 30.7 Å². The summed E-state index contributed by atoms with van der Waals surface area (Å²) in [6.45, 7) is 3.56. The maximum absolute atomic E-state index is 9.01. The van der Waals surface area contributed by atoms with Crippen molar-refractivity contribution in [3.05, 3.63) is 42.0 Å². The van der Waals surface area contributed by atoms with Crippen molar-refractivity contribution >= 4 is 11.6 Å². The molecule has 3 heterocycles. The number of rotatable bonds is 3. The fourth-order valence-corrected chi connectivity index (χ4v) is 2.96. The normalized spacial score (nSPS) is 17.9. The van der Waals surface area contributed by atoms with Crippen molar-refractivity contribution in [3.63, 3.8) is 0 Å². The molecule has 0 aromatic carbocycles. The molecule has 0 N–H and O–H groups in total. The maximum atomic E-state index is 9.01. The van der Waals surface area contributed by atoms with Gasteiger partial charge in [-0.1, -0.05) is 0 Å². The lowest BCUT2D eigenvalue weighted by Gasteiger charge is -2.36. The van der Waals surface area contributed by atoms with Gasteiger partial charge < -0.3 is 9.80 Å². The first-order valence-electron chi connectivity index (χ1n) is 8.01. The van der Waals surface area contributed by atoms with E-state index >= 15 is 0 Å². The molecule has 0 atom stereocenters. The molecule has 0 bridgehead atoms. The van der Waals surface area contributed by atoms with Crippen LogP contribution in [0.5, 0.6) is 0 Å². The fraction of sp³-hybridized carbons (Fsp3) is 0.412. The quantitative estimate of drug-likeness (QED) is 0.863. The molecule has 6 heteroatoms. The lowest BCUT2D eigenvalue weighted by atomic mass is 10.2. The van der Waals surface area contributed by atoms with E-state index in [9.17, 15) is 0 Å². The van der Waals surface area contributed by atoms with Crippen LogP contribution in [0.1, 0.15) is 30.0 Å². The minimum Gasteiger partial charge on any atom is -0.353 e. The third-order valence-corrected chi connectivity index (χ3v) is 4.47. The van der Waals surface area contributed by atoms with Crippen LogP contribution < -0.4 is 9.80 Å². The Morgan fingerprint density at radius 3 is 2.30 bits per heavy atom. The molecule has 116 valence electrons. The second-order valence-corrected chi connectivity index (χ2v) is 6.06. The number of piperazine rings is 1. The minimum absolute atomic E-state index is 0.649. The molecule has 4 rings (SSSR count). The smallest absolute Gasteiger partial charge is 0.132 e. The van der Waals surface area contributed by atoms with Gasteiger partial charge in [0.2, 0.25) is 0 Å². The average Bonchev–Trinajstić information content (AvgIpc) is 3.47. The van der Waals surface area contributed by atoms with Crippen LogP contribution in [-0.2, 0) is 0 Å². The number of hydrogen-bond acceptors (Lipinski definition) is 6. The maximum Gasteiger partial charge on any atom is 0.132 e. The van der Waals surface area contributed by atoms with Crippen LogP contribution >= 0.6 is 0 Å². The Balaban J connectivity index is 1.44. The van der Waals surface area contributed by atoms with Gasteiger partial charge >= 0.3 is 0 Å². The van der Waals surface area contributed by atoms with Gasteiger partial charge in [0.15, 0.2) is 0 Å². The van der Waals surface area contributed by atoms with Gasteiger partial charge in [-0.2, -0.15) is 5.26 Å². The summed E-state index contributed by atoms with van der Waals surface area (Å²) < 4.78 is 0. The Kier molecular flexibility index (Phi) is 3.54. The van der Waals surface area contributed by atoms with E-state index in [2.05, 4.69) is 36.9 Å². The van der Waals surface area contributed by atoms with Crippen LogP contribution in [0.4, 0.5) is 11.6 Å². The zero-order valence-corrected chi connectivity index (χ0v) is 12.9. The molecular weight excluding hydrogens is 288 g/mol. The van der Waals surface area contributed by atoms with Crippen molar-refractivity contribution < 1.29 is 0 Å². The highest BCUT2D eigenvalue weighted by Crippen LogP contribution is 2.39. The Labute approximate surface area is 135 Å². The molecule has 0 unspecified atom stereocenters. The highest BCUT2D eigenvalue weighted by atomic mass is 15.3. The van der Waals surface area contributed by atoms with Crippen molar-refractivity contribution in [3.8, 4) is 6.07 Å². The molecule has 2 aliphatic rings. The SMILES string of the molecule is N#Cc1ccnc(N2CCN(c3cc(C4CC4)ncn3)CC2)c1. The Morgan fingerprint density at radius 1 is 0.957 bits per heavy atom. The molecule has 0 spiro atoms. The number of nitriles is 1. The molecule has 2 aromatic heterocycles. The molecule has 2 aromatic rings. The van der Waals surface area contributed by atoms with E-state index < -0.39 is 0 Å². The van der Waals surface area contributed by atoms with Gasteiger partial charge in [0.25, 0.3) is 0 Å². The summed E-state index contributed by atoms with van der Waals surface area (Å²) in [5.41, 5.74) is 1.84. The van der Waals surface area contributed by atoms with E-state index in [4.69, 9.17) is 5.26 Å². The number of aromatic nitrogens is 3. The molecule has 1 saturated heterocycles. The fourth-order valence-electron chi connectivity index (χ4n) is 2.96. The summed E-state index contributed by atoms with van der Waals surface area (Å²) in [7, 11) is 0. The van der Waals surface area contributed by atoms with Crippen molar-refractivity contribution in [1.29, 1.82) is 5.26 Å². The van der Waals surface area contributed by atoms with Crippen molar-refractivity contribution in [2.24, 2.45) is 0 Å². The van der Waals surface area contributed by atoms with Crippen LogP contribution in [0.2, 0.25) is 0 Å². The van der Waals surface area contributed by atoms with Gasteiger partial charge in [-0.25, -0.2) is 15.0 Å². The van der Waals surface area contributed by atoms with E-state index in [0.717, 1.165) is 37.8 Å². The summed E-state index contributed by atoms with van der Waals surface area (Å²) in [6, 6.07) is 7.90. The van der Waals surface area contributed by atoms with E-state index in [0.29, 0.717) is 11.5 Å². The standard InChI is InChI=1S/C17H18N6/c18-11-13-3-4-19-16(9-13)22-5-7-23(8-6-22)17-10-15(14-1-2-14)20-12-21-17/h3-4,9-10,12,14H,1-2,5-8H2. The lowest BCUT2D eigenvalue weighted by molar-refractivity contribution is 0.640. The summed E-state index contributed by atoms with van der Waals surface area (Å²) in [4.78, 5) is 17.7. The van der Waals surface area contributed by atoms with Crippen LogP contribution in [0.3, 0.4) is 0 Å². The third kappa shape index (κ3) is 2.95. The molecule has 1 aliphatic heterocycles. The largest absolute Gasteiger partial charge is 0.353 e. The van der Waals surface area contributed by atoms with Gasteiger partial charge in [0.1, 0.15) is 18.0 Å². The molecule has 0 amide bonds. The number of hydrogen-bond donors (Lipinski definition) is 0. The molecule has 6 nitrogen and oxygen atoms in total. The van der Waals surface area contributed by atoms with Crippen LogP contribution in [0.25, 0.3) is 0 Å². The highest BCUT2D eigenvalue weighted by molar-refractivity contribution is 5.48. The first kappa shape index (κ1) is 13.9. The van der Waals surface area contributed by atoms with Crippen molar-refractivity contribution in [1.82, 2.24) is 15.0 Å². The average molecular weight is 306 g/mol. The van der Waals surface area contributed by atoms with Gasteiger partial charge in [0, 0.05) is 50.1 Å². The second kappa shape index (κ2) is 5.84. The Morgan fingerprint density at radius 2 is 1.65 bits per heavy atom. The summed E-state index contributed by atoms with van der Waals surface area (Å²) in [5, 5.41) is 9.01. The van der Waals surface area contributed by atoms with E-state index in [1.165, 1.54) is 18.5 Å². The predicted molar refractivity (Wildman–Crippen MR) is 87.4 cm³/mol. The summed E-state index contributed by atoms with van der Waals surface area (Å²) in [5.74, 6) is 2.56. The van der Waals surface area contributed by atoms with Gasteiger partial charge in [-0.15, -0.1) is 0 Å². The van der Waals surface area contributed by atoms with E-state index in [1.54, 1.807) is 18.6 Å². The second-order valence-electron chi connectivity index (χ2n) is 6.06. The zero-order chi connectivity index (χ0) is 15.6. The topological polar surface area (TPSA) is 68.9 Å². The first-order valence-corrected chi connectivity index (χ1v) is 8.01. The van der Waals surface area contributed by atoms with Gasteiger partial charge in [-0.3, -0.25) is 0 Å². The van der Waals surface area contributed by atoms with E-state index in [1.807, 2.05) is 6.07 Å². The van der Waals surface area contributed by atoms with Crippen molar-refractivity contribution in [2.75, 3.05) is 36.0 Å². The van der Waals surface area contributed by atoms with Crippen molar-refractivity contribution in [2.45, 2.75) is 18.8 Å². The summed E-state index contributed by atoms with van der Waals surface area (Å²) in [6.07, 6.45) is 5.90. The minimum atomic E-state index is 0.649. The zero-order valence-electron chi connectivity index (χ0n) is 12.9. The highest BCUT2D eigenvalue weighted by Gasteiger charge is 2.26. The first-order chi connectivity index (χ1) is 11.3.